The van der Waals surface area contributed by atoms with E-state index in [0.717, 1.165) is 24.3 Å². The number of benzene rings is 1. The third kappa shape index (κ3) is 3.47. The number of likely N-dealkylation sites (N-methyl/N-ethyl adjacent to an activating group) is 2. The van der Waals surface area contributed by atoms with Crippen LogP contribution in [0.1, 0.15) is 33.3 Å². The first-order valence-corrected chi connectivity index (χ1v) is 8.00. The fourth-order valence-electron chi connectivity index (χ4n) is 2.53. The van der Waals surface area contributed by atoms with Crippen molar-refractivity contribution in [1.82, 2.24) is 4.90 Å². The van der Waals surface area contributed by atoms with Crippen molar-refractivity contribution in [3.8, 4) is 5.75 Å². The minimum Gasteiger partial charge on any atom is -0.490 e. The second-order valence-electron chi connectivity index (χ2n) is 7.26. The fourth-order valence-corrected chi connectivity index (χ4v) is 2.53. The van der Waals surface area contributed by atoms with Gasteiger partial charge in [0.25, 0.3) is 0 Å². The Morgan fingerprint density at radius 3 is 2.58 bits per heavy atom. The van der Waals surface area contributed by atoms with Gasteiger partial charge in [0, 0.05) is 14.1 Å². The molecule has 0 bridgehead atoms. The Kier molecular flexibility index (Phi) is 4.78. The van der Waals surface area contributed by atoms with Crippen molar-refractivity contribution < 1.29 is 19.1 Å². The van der Waals surface area contributed by atoms with E-state index in [2.05, 4.69) is 4.90 Å². The molecule has 1 atom stereocenters. The molecule has 1 heterocycles. The molecular formula is C18H26N2O4. The van der Waals surface area contributed by atoms with Gasteiger partial charge in [-0.2, -0.15) is 0 Å². The van der Waals surface area contributed by atoms with E-state index >= 15 is 0 Å². The molecule has 1 aromatic rings. The van der Waals surface area contributed by atoms with Gasteiger partial charge in [-0.1, -0.05) is 6.07 Å². The minimum atomic E-state index is -1.13. The summed E-state index contributed by atoms with van der Waals surface area (Å²) in [6.07, 6.45) is 0.224. The molecule has 1 aliphatic heterocycles. The first-order chi connectivity index (χ1) is 11.1. The van der Waals surface area contributed by atoms with Gasteiger partial charge in [-0.15, -0.1) is 0 Å². The second-order valence-corrected chi connectivity index (χ2v) is 7.26. The maximum atomic E-state index is 12.4. The molecule has 0 saturated heterocycles. The zero-order valence-corrected chi connectivity index (χ0v) is 15.3. The van der Waals surface area contributed by atoms with Crippen LogP contribution in [0, 0.1) is 0 Å². The molecule has 2 rings (SSSR count). The van der Waals surface area contributed by atoms with Crippen LogP contribution in [0.5, 0.6) is 5.75 Å². The third-order valence-electron chi connectivity index (χ3n) is 4.23. The monoisotopic (exact) mass is 334 g/mol. The quantitative estimate of drug-likeness (QED) is 0.796. The van der Waals surface area contributed by atoms with Gasteiger partial charge in [-0.25, -0.2) is 4.79 Å². The Hall–Kier alpha value is -2.24. The predicted molar refractivity (Wildman–Crippen MR) is 92.6 cm³/mol. The van der Waals surface area contributed by atoms with E-state index in [1.54, 1.807) is 34.7 Å². The van der Waals surface area contributed by atoms with Crippen molar-refractivity contribution in [2.45, 2.75) is 38.8 Å². The van der Waals surface area contributed by atoms with Gasteiger partial charge in [0.2, 0.25) is 0 Å². The smallest absolute Gasteiger partial charge is 0.411 e. The molecular weight excluding hydrogens is 308 g/mol. The van der Waals surface area contributed by atoms with Crippen molar-refractivity contribution in [1.29, 1.82) is 0 Å². The zero-order valence-electron chi connectivity index (χ0n) is 15.3. The lowest BCUT2D eigenvalue weighted by Gasteiger charge is -2.37. The van der Waals surface area contributed by atoms with E-state index in [1.165, 1.54) is 4.90 Å². The maximum absolute atomic E-state index is 12.4. The molecule has 1 aliphatic rings. The predicted octanol–water partition coefficient (Wildman–Crippen LogP) is 2.80. The summed E-state index contributed by atoms with van der Waals surface area (Å²) in [6.45, 7) is 8.49. The van der Waals surface area contributed by atoms with Gasteiger partial charge in [0.1, 0.15) is 29.8 Å². The van der Waals surface area contributed by atoms with Gasteiger partial charge in [0.15, 0.2) is 0 Å². The normalized spacial score (nSPS) is 16.5. The highest BCUT2D eigenvalue weighted by molar-refractivity contribution is 5.79. The highest BCUT2D eigenvalue weighted by atomic mass is 16.6. The van der Waals surface area contributed by atoms with Crippen molar-refractivity contribution in [3.63, 3.8) is 0 Å². The molecule has 0 aromatic heterocycles. The summed E-state index contributed by atoms with van der Waals surface area (Å²) in [6, 6.07) is 5.54. The Bertz CT molecular complexity index is 638. The first-order valence-electron chi connectivity index (χ1n) is 8.00. The number of aldehydes is 1. The SMILES string of the molecule is CN1CCOc2ccc(C(C)(C=O)N(C)C(=O)OC(C)(C)C)cc21. The number of hydrogen-bond acceptors (Lipinski definition) is 5. The molecule has 1 unspecified atom stereocenters. The van der Waals surface area contributed by atoms with Crippen molar-refractivity contribution in [3.05, 3.63) is 23.8 Å². The van der Waals surface area contributed by atoms with Crippen LogP contribution in [0.3, 0.4) is 0 Å². The van der Waals surface area contributed by atoms with Crippen molar-refractivity contribution in [2.24, 2.45) is 0 Å². The Morgan fingerprint density at radius 1 is 1.33 bits per heavy atom. The van der Waals surface area contributed by atoms with Crippen LogP contribution in [-0.2, 0) is 15.1 Å². The van der Waals surface area contributed by atoms with Crippen LogP contribution in [-0.4, -0.2) is 50.1 Å². The summed E-state index contributed by atoms with van der Waals surface area (Å²) in [5, 5.41) is 0. The zero-order chi connectivity index (χ0) is 18.1. The summed E-state index contributed by atoms with van der Waals surface area (Å²) in [5.74, 6) is 0.778. The number of amides is 1. The molecule has 0 fully saturated rings. The molecule has 0 aliphatic carbocycles. The van der Waals surface area contributed by atoms with Crippen LogP contribution in [0.2, 0.25) is 0 Å². The molecule has 6 nitrogen and oxygen atoms in total. The third-order valence-corrected chi connectivity index (χ3v) is 4.23. The van der Waals surface area contributed by atoms with Crippen molar-refractivity contribution in [2.75, 3.05) is 32.1 Å². The molecule has 1 amide bonds. The number of hydrogen-bond donors (Lipinski definition) is 0. The molecule has 1 aromatic carbocycles. The molecule has 6 heteroatoms. The molecule has 0 N–H and O–H groups in total. The average Bonchev–Trinajstić information content (AvgIpc) is 2.52. The number of anilines is 1. The number of nitrogens with zero attached hydrogens (tertiary/aromatic N) is 2. The number of carbonyl (C=O) groups is 2. The minimum absolute atomic E-state index is 0.542. The van der Waals surface area contributed by atoms with Gasteiger partial charge in [0.05, 0.1) is 12.2 Å². The highest BCUT2D eigenvalue weighted by Gasteiger charge is 2.37. The van der Waals surface area contributed by atoms with Gasteiger partial charge < -0.3 is 19.2 Å². The summed E-state index contributed by atoms with van der Waals surface area (Å²) in [7, 11) is 3.54. The van der Waals surface area contributed by atoms with E-state index in [4.69, 9.17) is 9.47 Å². The maximum Gasteiger partial charge on any atom is 0.411 e. The summed E-state index contributed by atoms with van der Waals surface area (Å²) in [4.78, 5) is 27.7. The Balaban J connectivity index is 2.37. The average molecular weight is 334 g/mol. The Morgan fingerprint density at radius 2 is 2.00 bits per heavy atom. The van der Waals surface area contributed by atoms with Gasteiger partial charge in [-0.05, 0) is 45.4 Å². The molecule has 24 heavy (non-hydrogen) atoms. The lowest BCUT2D eigenvalue weighted by atomic mass is 9.91. The van der Waals surface area contributed by atoms with E-state index in [1.807, 2.05) is 25.2 Å². The topological polar surface area (TPSA) is 59.1 Å². The van der Waals surface area contributed by atoms with Crippen LogP contribution in [0.15, 0.2) is 18.2 Å². The van der Waals surface area contributed by atoms with E-state index < -0.39 is 17.2 Å². The van der Waals surface area contributed by atoms with E-state index in [0.29, 0.717) is 12.2 Å². The summed E-state index contributed by atoms with van der Waals surface area (Å²) >= 11 is 0. The lowest BCUT2D eigenvalue weighted by Crippen LogP contribution is -2.48. The van der Waals surface area contributed by atoms with Crippen LogP contribution in [0.25, 0.3) is 0 Å². The Labute approximate surface area is 143 Å². The van der Waals surface area contributed by atoms with Gasteiger partial charge in [-0.3, -0.25) is 4.90 Å². The molecule has 132 valence electrons. The molecule has 0 radical (unpaired) electrons. The largest absolute Gasteiger partial charge is 0.490 e. The van der Waals surface area contributed by atoms with Crippen LogP contribution < -0.4 is 9.64 Å². The molecule has 0 spiro atoms. The van der Waals surface area contributed by atoms with Gasteiger partial charge >= 0.3 is 6.09 Å². The lowest BCUT2D eigenvalue weighted by molar-refractivity contribution is -0.117. The number of carbonyl (C=O) groups excluding carboxylic acids is 2. The number of fused-ring (bicyclic) bond motifs is 1. The van der Waals surface area contributed by atoms with E-state index in [9.17, 15) is 9.59 Å². The second kappa shape index (κ2) is 6.34. The van der Waals surface area contributed by atoms with Crippen LogP contribution >= 0.6 is 0 Å². The standard InChI is InChI=1S/C18H26N2O4/c1-17(2,3)24-16(22)20(6)18(4,12-21)13-7-8-15-14(11-13)19(5)9-10-23-15/h7-8,11-12H,9-10H2,1-6H3. The summed E-state index contributed by atoms with van der Waals surface area (Å²) in [5.41, 5.74) is -0.138. The first kappa shape index (κ1) is 18.1. The fraction of sp³-hybridized carbons (Fsp3) is 0.556. The summed E-state index contributed by atoms with van der Waals surface area (Å²) < 4.78 is 11.0. The van der Waals surface area contributed by atoms with Crippen LogP contribution in [0.4, 0.5) is 10.5 Å². The highest BCUT2D eigenvalue weighted by Crippen LogP contribution is 2.36. The number of rotatable bonds is 3. The molecule has 0 saturated carbocycles. The number of ether oxygens (including phenoxy) is 2. The van der Waals surface area contributed by atoms with E-state index in [-0.39, 0.29) is 0 Å². The van der Waals surface area contributed by atoms with Crippen molar-refractivity contribution >= 4 is 18.1 Å².